The van der Waals surface area contributed by atoms with Gasteiger partial charge in [-0.15, -0.1) is 10.2 Å². The van der Waals surface area contributed by atoms with Crippen molar-refractivity contribution < 1.29 is 19.0 Å². The summed E-state index contributed by atoms with van der Waals surface area (Å²) >= 11 is 1.31. The highest BCUT2D eigenvalue weighted by Crippen LogP contribution is 2.37. The first-order chi connectivity index (χ1) is 15.6. The van der Waals surface area contributed by atoms with Crippen molar-refractivity contribution in [2.75, 3.05) is 27.1 Å². The first-order valence-electron chi connectivity index (χ1n) is 9.84. The quantitative estimate of drug-likeness (QED) is 0.285. The molecule has 1 N–H and O–H groups in total. The minimum Gasteiger partial charge on any atom is -0.493 e. The number of nitrogens with one attached hydrogen (secondary N) is 1. The second kappa shape index (κ2) is 11.2. The molecular weight excluding hydrogens is 430 g/mol. The van der Waals surface area contributed by atoms with Crippen LogP contribution >= 0.6 is 11.8 Å². The number of rotatable bonds is 10. The fourth-order valence-electron chi connectivity index (χ4n) is 3.00. The lowest BCUT2D eigenvalue weighted by Gasteiger charge is -2.12. The zero-order chi connectivity index (χ0) is 22.9. The van der Waals surface area contributed by atoms with Gasteiger partial charge in [-0.3, -0.25) is 4.79 Å². The molecule has 0 unspecified atom stereocenters. The molecule has 0 saturated heterocycles. The second-order valence-corrected chi connectivity index (χ2v) is 7.40. The number of methoxy groups -OCH3 is 3. The summed E-state index contributed by atoms with van der Waals surface area (Å²) in [6.07, 6.45) is 1.51. The van der Waals surface area contributed by atoms with E-state index in [1.54, 1.807) is 12.1 Å². The van der Waals surface area contributed by atoms with Crippen LogP contribution in [-0.2, 0) is 11.3 Å². The summed E-state index contributed by atoms with van der Waals surface area (Å²) in [7, 11) is 4.61. The number of hydrogen-bond donors (Lipinski definition) is 1. The summed E-state index contributed by atoms with van der Waals surface area (Å²) < 4.78 is 17.9. The van der Waals surface area contributed by atoms with Gasteiger partial charge in [-0.2, -0.15) is 5.10 Å². The Balaban J connectivity index is 1.62. The standard InChI is InChI=1S/C22H25N5O4S/c1-5-27-21(16-9-7-6-8-10-16)25-26-22(27)32-14-19(28)24-23-13-15-11-17(29-2)20(31-4)18(12-15)30-3/h6-13H,5,14H2,1-4H3,(H,24,28)/b23-13-. The molecule has 0 saturated carbocycles. The Hall–Kier alpha value is -3.53. The van der Waals surface area contributed by atoms with Crippen LogP contribution in [0.3, 0.4) is 0 Å². The van der Waals surface area contributed by atoms with E-state index in [4.69, 9.17) is 14.2 Å². The third-order valence-electron chi connectivity index (χ3n) is 4.49. The molecule has 0 bridgehead atoms. The predicted molar refractivity (Wildman–Crippen MR) is 124 cm³/mol. The smallest absolute Gasteiger partial charge is 0.250 e. The molecule has 0 radical (unpaired) electrons. The molecular formula is C22H25N5O4S. The first kappa shape index (κ1) is 23.1. The highest BCUT2D eigenvalue weighted by Gasteiger charge is 2.15. The number of carbonyl (C=O) groups is 1. The summed E-state index contributed by atoms with van der Waals surface area (Å²) in [5.41, 5.74) is 4.19. The maximum Gasteiger partial charge on any atom is 0.250 e. The minimum atomic E-state index is -0.259. The van der Waals surface area contributed by atoms with Crippen LogP contribution in [-0.4, -0.2) is 54.0 Å². The molecule has 0 atom stereocenters. The second-order valence-electron chi connectivity index (χ2n) is 6.46. The van der Waals surface area contributed by atoms with Crippen LogP contribution < -0.4 is 19.6 Å². The highest BCUT2D eigenvalue weighted by molar-refractivity contribution is 7.99. The van der Waals surface area contributed by atoms with Crippen LogP contribution in [0.25, 0.3) is 11.4 Å². The van der Waals surface area contributed by atoms with Gasteiger partial charge in [0.1, 0.15) is 0 Å². The Morgan fingerprint density at radius 3 is 2.38 bits per heavy atom. The van der Waals surface area contributed by atoms with E-state index >= 15 is 0 Å². The SMILES string of the molecule is CCn1c(SCC(=O)N/N=C\c2cc(OC)c(OC)c(OC)c2)nnc1-c1ccccc1. The van der Waals surface area contributed by atoms with Gasteiger partial charge >= 0.3 is 0 Å². The fourth-order valence-corrected chi connectivity index (χ4v) is 3.79. The van der Waals surface area contributed by atoms with Crippen molar-refractivity contribution >= 4 is 23.9 Å². The molecule has 0 fully saturated rings. The van der Waals surface area contributed by atoms with E-state index in [1.165, 1.54) is 39.3 Å². The van der Waals surface area contributed by atoms with Crippen molar-refractivity contribution in [1.29, 1.82) is 0 Å². The van der Waals surface area contributed by atoms with Crippen molar-refractivity contribution in [2.24, 2.45) is 5.10 Å². The Bertz CT molecular complexity index is 1060. The minimum absolute atomic E-state index is 0.152. The van der Waals surface area contributed by atoms with Gasteiger partial charge < -0.3 is 18.8 Å². The average Bonchev–Trinajstić information content (AvgIpc) is 3.25. The number of hydrazone groups is 1. The van der Waals surface area contributed by atoms with Crippen LogP contribution in [0.15, 0.2) is 52.7 Å². The molecule has 2 aromatic carbocycles. The molecule has 0 aliphatic heterocycles. The van der Waals surface area contributed by atoms with Gasteiger partial charge in [-0.1, -0.05) is 42.1 Å². The van der Waals surface area contributed by atoms with Crippen molar-refractivity contribution in [3.8, 4) is 28.6 Å². The van der Waals surface area contributed by atoms with E-state index in [1.807, 2.05) is 41.8 Å². The lowest BCUT2D eigenvalue weighted by Crippen LogP contribution is -2.20. The summed E-state index contributed by atoms with van der Waals surface area (Å²) in [4.78, 5) is 12.3. The van der Waals surface area contributed by atoms with Crippen molar-refractivity contribution in [3.63, 3.8) is 0 Å². The third-order valence-corrected chi connectivity index (χ3v) is 5.45. The monoisotopic (exact) mass is 455 g/mol. The number of amides is 1. The highest BCUT2D eigenvalue weighted by atomic mass is 32.2. The van der Waals surface area contributed by atoms with E-state index in [9.17, 15) is 4.79 Å². The topological polar surface area (TPSA) is 99.9 Å². The molecule has 3 aromatic rings. The van der Waals surface area contributed by atoms with Crippen LogP contribution in [0, 0.1) is 0 Å². The van der Waals surface area contributed by atoms with Gasteiger partial charge in [0.05, 0.1) is 33.3 Å². The molecule has 1 aromatic heterocycles. The number of benzene rings is 2. The molecule has 1 amide bonds. The van der Waals surface area contributed by atoms with Gasteiger partial charge in [-0.25, -0.2) is 5.43 Å². The summed E-state index contributed by atoms with van der Waals surface area (Å²) in [5.74, 6) is 2.16. The zero-order valence-electron chi connectivity index (χ0n) is 18.4. The molecule has 9 nitrogen and oxygen atoms in total. The number of aromatic nitrogens is 3. The zero-order valence-corrected chi connectivity index (χ0v) is 19.2. The van der Waals surface area contributed by atoms with E-state index < -0.39 is 0 Å². The summed E-state index contributed by atoms with van der Waals surface area (Å²) in [5, 5.41) is 13.2. The first-order valence-corrected chi connectivity index (χ1v) is 10.8. The molecule has 0 aliphatic carbocycles. The molecule has 10 heteroatoms. The molecule has 32 heavy (non-hydrogen) atoms. The number of ether oxygens (including phenoxy) is 3. The summed E-state index contributed by atoms with van der Waals surface area (Å²) in [6, 6.07) is 13.3. The molecule has 1 heterocycles. The lowest BCUT2D eigenvalue weighted by atomic mass is 10.2. The Morgan fingerprint density at radius 1 is 1.09 bits per heavy atom. The van der Waals surface area contributed by atoms with Crippen LogP contribution in [0.4, 0.5) is 0 Å². The lowest BCUT2D eigenvalue weighted by molar-refractivity contribution is -0.118. The molecule has 0 aliphatic rings. The summed E-state index contributed by atoms with van der Waals surface area (Å²) in [6.45, 7) is 2.71. The number of nitrogens with zero attached hydrogens (tertiary/aromatic N) is 4. The van der Waals surface area contributed by atoms with Crippen LogP contribution in [0.2, 0.25) is 0 Å². The maximum absolute atomic E-state index is 12.3. The van der Waals surface area contributed by atoms with E-state index in [0.29, 0.717) is 34.5 Å². The van der Waals surface area contributed by atoms with Crippen molar-refractivity contribution in [3.05, 3.63) is 48.0 Å². The Morgan fingerprint density at radius 2 is 1.78 bits per heavy atom. The number of hydrogen-bond acceptors (Lipinski definition) is 8. The van der Waals surface area contributed by atoms with Crippen molar-refractivity contribution in [2.45, 2.75) is 18.6 Å². The number of thioether (sulfide) groups is 1. The van der Waals surface area contributed by atoms with Gasteiger partial charge in [0, 0.05) is 17.7 Å². The van der Waals surface area contributed by atoms with Crippen LogP contribution in [0.1, 0.15) is 12.5 Å². The van der Waals surface area contributed by atoms with Gasteiger partial charge in [0.15, 0.2) is 22.5 Å². The molecule has 0 spiro atoms. The maximum atomic E-state index is 12.3. The third kappa shape index (κ3) is 5.38. The Kier molecular flexibility index (Phi) is 8.09. The van der Waals surface area contributed by atoms with Gasteiger partial charge in [0.2, 0.25) is 5.75 Å². The normalized spacial score (nSPS) is 10.9. The largest absolute Gasteiger partial charge is 0.493 e. The molecule has 168 valence electrons. The van der Waals surface area contributed by atoms with Crippen LogP contribution in [0.5, 0.6) is 17.2 Å². The van der Waals surface area contributed by atoms with E-state index in [0.717, 1.165) is 11.4 Å². The van der Waals surface area contributed by atoms with E-state index in [2.05, 4.69) is 20.7 Å². The van der Waals surface area contributed by atoms with Crippen molar-refractivity contribution in [1.82, 2.24) is 20.2 Å². The van der Waals surface area contributed by atoms with Gasteiger partial charge in [0.25, 0.3) is 5.91 Å². The predicted octanol–water partition coefficient (Wildman–Crippen LogP) is 3.23. The Labute approximate surface area is 190 Å². The van der Waals surface area contributed by atoms with Gasteiger partial charge in [-0.05, 0) is 19.1 Å². The average molecular weight is 456 g/mol. The molecule has 3 rings (SSSR count). The fraction of sp³-hybridized carbons (Fsp3) is 0.273. The number of carbonyl (C=O) groups excluding carboxylic acids is 1. The van der Waals surface area contributed by atoms with E-state index in [-0.39, 0.29) is 11.7 Å².